The number of anilines is 1. The van der Waals surface area contributed by atoms with Crippen LogP contribution in [0.2, 0.25) is 0 Å². The molecule has 2 heterocycles. The highest BCUT2D eigenvalue weighted by atomic mass is 19.2. The van der Waals surface area contributed by atoms with Crippen molar-refractivity contribution in [2.45, 2.75) is 13.0 Å². The second kappa shape index (κ2) is 8.42. The van der Waals surface area contributed by atoms with E-state index in [1.807, 2.05) is 6.07 Å². The molecule has 3 N–H and O–H groups in total. The third kappa shape index (κ3) is 4.54. The number of hydrogen-bond donors (Lipinski definition) is 3. The minimum atomic E-state index is -1.58. The first-order valence-electron chi connectivity index (χ1n) is 9.84. The molecule has 0 aromatic heterocycles. The quantitative estimate of drug-likeness (QED) is 0.610. The third-order valence-corrected chi connectivity index (χ3v) is 5.59. The zero-order chi connectivity index (χ0) is 20.4. The highest BCUT2D eigenvalue weighted by Gasteiger charge is 2.26. The Bertz CT molecular complexity index is 914. The second-order valence-electron chi connectivity index (χ2n) is 7.67. The monoisotopic (exact) mass is 407 g/mol. The van der Waals surface area contributed by atoms with E-state index in [9.17, 15) is 18.0 Å². The predicted molar refractivity (Wildman–Crippen MR) is 101 cm³/mol. The standard InChI is InChI=1S/C21H22F3N3O2/c22-16-2-3-17(21(24)20(16)23)25-19(28)13-27-8-6-26(7-9-27)12-14-1-4-18-15(11-14)5-10-29-18/h1-4,11H,5-10,12-13H2,(H,25,28)/p+2. The number of amides is 1. The summed E-state index contributed by atoms with van der Waals surface area (Å²) >= 11 is 0. The molecule has 1 fully saturated rings. The first-order valence-corrected chi connectivity index (χ1v) is 9.84. The molecule has 4 rings (SSSR count). The van der Waals surface area contributed by atoms with Crippen molar-refractivity contribution in [3.63, 3.8) is 0 Å². The Kier molecular flexibility index (Phi) is 5.73. The Balaban J connectivity index is 1.25. The zero-order valence-corrected chi connectivity index (χ0v) is 16.0. The summed E-state index contributed by atoms with van der Waals surface area (Å²) < 4.78 is 45.5. The molecule has 29 heavy (non-hydrogen) atoms. The predicted octanol–water partition coefficient (Wildman–Crippen LogP) is -0.0391. The molecule has 154 valence electrons. The van der Waals surface area contributed by atoms with Crippen molar-refractivity contribution in [1.29, 1.82) is 0 Å². The molecule has 0 aliphatic carbocycles. The van der Waals surface area contributed by atoms with Crippen LogP contribution in [0.5, 0.6) is 5.75 Å². The van der Waals surface area contributed by atoms with Gasteiger partial charge in [0.2, 0.25) is 0 Å². The van der Waals surface area contributed by atoms with Crippen LogP contribution < -0.4 is 19.9 Å². The van der Waals surface area contributed by atoms with Crippen molar-refractivity contribution in [1.82, 2.24) is 0 Å². The van der Waals surface area contributed by atoms with E-state index in [-0.39, 0.29) is 12.2 Å². The van der Waals surface area contributed by atoms with Gasteiger partial charge in [-0.25, -0.2) is 13.2 Å². The van der Waals surface area contributed by atoms with E-state index in [2.05, 4.69) is 17.4 Å². The minimum Gasteiger partial charge on any atom is -0.493 e. The highest BCUT2D eigenvalue weighted by Crippen LogP contribution is 2.25. The zero-order valence-electron chi connectivity index (χ0n) is 16.0. The average molecular weight is 407 g/mol. The molecule has 2 aromatic rings. The van der Waals surface area contributed by atoms with Crippen LogP contribution in [-0.2, 0) is 17.8 Å². The molecule has 5 nitrogen and oxygen atoms in total. The molecule has 0 spiro atoms. The maximum Gasteiger partial charge on any atom is 0.279 e. The van der Waals surface area contributed by atoms with Crippen molar-refractivity contribution < 1.29 is 32.5 Å². The van der Waals surface area contributed by atoms with E-state index < -0.39 is 23.4 Å². The highest BCUT2D eigenvalue weighted by molar-refractivity contribution is 5.91. The maximum atomic E-state index is 13.7. The van der Waals surface area contributed by atoms with Crippen LogP contribution in [0.25, 0.3) is 0 Å². The number of hydrogen-bond acceptors (Lipinski definition) is 2. The van der Waals surface area contributed by atoms with E-state index in [0.717, 1.165) is 68.5 Å². The van der Waals surface area contributed by atoms with Crippen molar-refractivity contribution in [3.05, 3.63) is 58.9 Å². The summed E-state index contributed by atoms with van der Waals surface area (Å²) in [5, 5.41) is 2.34. The van der Waals surface area contributed by atoms with E-state index in [1.54, 1.807) is 0 Å². The van der Waals surface area contributed by atoms with Gasteiger partial charge < -0.3 is 19.9 Å². The molecule has 0 saturated carbocycles. The number of rotatable bonds is 5. The van der Waals surface area contributed by atoms with Gasteiger partial charge in [0.1, 0.15) is 38.5 Å². The lowest BCUT2D eigenvalue weighted by Crippen LogP contribution is -3.28. The van der Waals surface area contributed by atoms with Crippen LogP contribution in [0.15, 0.2) is 30.3 Å². The Labute approximate surface area is 167 Å². The molecule has 1 amide bonds. The van der Waals surface area contributed by atoms with E-state index >= 15 is 0 Å². The third-order valence-electron chi connectivity index (χ3n) is 5.59. The number of nitrogens with one attached hydrogen (secondary N) is 3. The maximum absolute atomic E-state index is 13.7. The molecule has 2 aliphatic heterocycles. The van der Waals surface area contributed by atoms with Crippen molar-refractivity contribution in [2.75, 3.05) is 44.6 Å². The summed E-state index contributed by atoms with van der Waals surface area (Å²) in [6.07, 6.45) is 0.962. The second-order valence-corrected chi connectivity index (χ2v) is 7.67. The van der Waals surface area contributed by atoms with Crippen LogP contribution in [0, 0.1) is 17.5 Å². The largest absolute Gasteiger partial charge is 0.493 e. The summed E-state index contributed by atoms with van der Waals surface area (Å²) in [6, 6.07) is 8.21. The number of ether oxygens (including phenoxy) is 1. The van der Waals surface area contributed by atoms with Crippen molar-refractivity contribution in [3.8, 4) is 5.75 Å². The van der Waals surface area contributed by atoms with Crippen LogP contribution in [0.3, 0.4) is 0 Å². The number of benzene rings is 2. The molecule has 0 unspecified atom stereocenters. The van der Waals surface area contributed by atoms with Crippen LogP contribution in [0.4, 0.5) is 18.9 Å². The fourth-order valence-electron chi connectivity index (χ4n) is 3.99. The van der Waals surface area contributed by atoms with Gasteiger partial charge in [0.25, 0.3) is 5.91 Å². The molecular formula is C21H24F3N3O2+2. The van der Waals surface area contributed by atoms with Gasteiger partial charge in [-0.15, -0.1) is 0 Å². The summed E-state index contributed by atoms with van der Waals surface area (Å²) in [6.45, 7) is 5.35. The molecule has 0 atom stereocenters. The summed E-state index contributed by atoms with van der Waals surface area (Å²) in [7, 11) is 0. The normalized spacial score (nSPS) is 20.8. The van der Waals surface area contributed by atoms with Crippen LogP contribution in [-0.4, -0.2) is 45.2 Å². The lowest BCUT2D eigenvalue weighted by atomic mass is 10.1. The number of quaternary nitrogens is 2. The summed E-state index contributed by atoms with van der Waals surface area (Å²) in [5.74, 6) is -3.65. The number of fused-ring (bicyclic) bond motifs is 1. The number of halogens is 3. The summed E-state index contributed by atoms with van der Waals surface area (Å²) in [5.41, 5.74) is 2.23. The lowest BCUT2D eigenvalue weighted by molar-refractivity contribution is -1.02. The van der Waals surface area contributed by atoms with E-state index in [1.165, 1.54) is 16.0 Å². The Morgan fingerprint density at radius 3 is 2.55 bits per heavy atom. The SMILES string of the molecule is O=C(C[NH+]1CC[NH+](Cc2ccc3c(c2)CCO3)CC1)Nc1ccc(F)c(F)c1F. The molecule has 2 aromatic carbocycles. The molecule has 0 radical (unpaired) electrons. The minimum absolute atomic E-state index is 0.169. The van der Waals surface area contributed by atoms with Gasteiger partial charge in [-0.05, 0) is 35.9 Å². The topological polar surface area (TPSA) is 47.2 Å². The van der Waals surface area contributed by atoms with Crippen molar-refractivity contribution in [2.24, 2.45) is 0 Å². The van der Waals surface area contributed by atoms with Gasteiger partial charge in [-0.2, -0.15) is 0 Å². The summed E-state index contributed by atoms with van der Waals surface area (Å²) in [4.78, 5) is 14.7. The van der Waals surface area contributed by atoms with Gasteiger partial charge in [-0.1, -0.05) is 0 Å². The van der Waals surface area contributed by atoms with Gasteiger partial charge >= 0.3 is 0 Å². The lowest BCUT2D eigenvalue weighted by Gasteiger charge is -2.29. The van der Waals surface area contributed by atoms with Gasteiger partial charge in [0.05, 0.1) is 12.3 Å². The first kappa shape index (κ1) is 19.7. The molecule has 8 heteroatoms. The van der Waals surface area contributed by atoms with Gasteiger partial charge in [0, 0.05) is 12.0 Å². The van der Waals surface area contributed by atoms with Crippen LogP contribution >= 0.6 is 0 Å². The van der Waals surface area contributed by atoms with E-state index in [4.69, 9.17) is 4.74 Å². The average Bonchev–Trinajstić information content (AvgIpc) is 3.18. The Hall–Kier alpha value is -2.58. The van der Waals surface area contributed by atoms with Crippen molar-refractivity contribution >= 4 is 11.6 Å². The Morgan fingerprint density at radius 2 is 1.76 bits per heavy atom. The van der Waals surface area contributed by atoms with E-state index in [0.29, 0.717) is 0 Å². The van der Waals surface area contributed by atoms with Gasteiger partial charge in [-0.3, -0.25) is 4.79 Å². The number of carbonyl (C=O) groups excluding carboxylic acids is 1. The fourth-order valence-corrected chi connectivity index (χ4v) is 3.99. The first-order chi connectivity index (χ1) is 14.0. The number of carbonyl (C=O) groups is 1. The molecule has 1 saturated heterocycles. The Morgan fingerprint density at radius 1 is 1.00 bits per heavy atom. The van der Waals surface area contributed by atoms with Crippen LogP contribution in [0.1, 0.15) is 11.1 Å². The molecular weight excluding hydrogens is 383 g/mol. The smallest absolute Gasteiger partial charge is 0.279 e. The molecule has 0 bridgehead atoms. The number of piperazine rings is 1. The van der Waals surface area contributed by atoms with Gasteiger partial charge in [0.15, 0.2) is 24.0 Å². The molecule has 2 aliphatic rings. The fraction of sp³-hybridized carbons (Fsp3) is 0.381.